The number of likely N-dealkylation sites (N-methyl/N-ethyl adjacent to an activating group) is 1. The molecule has 1 aromatic heterocycles. The topological polar surface area (TPSA) is 22.6 Å². The Balaban J connectivity index is 1.46. The Labute approximate surface area is 184 Å². The highest BCUT2D eigenvalue weighted by molar-refractivity contribution is 5.96. The first kappa shape index (κ1) is 19.6. The molecule has 31 heavy (non-hydrogen) atoms. The van der Waals surface area contributed by atoms with Crippen molar-refractivity contribution in [2.45, 2.75) is 0 Å². The van der Waals surface area contributed by atoms with Gasteiger partial charge in [-0.1, -0.05) is 36.4 Å². The van der Waals surface area contributed by atoms with Crippen LogP contribution in [-0.4, -0.2) is 50.2 Å². The first-order chi connectivity index (χ1) is 15.2. The molecule has 1 aliphatic heterocycles. The summed E-state index contributed by atoms with van der Waals surface area (Å²) in [6.45, 7) is 4.41. The molecule has 4 heteroatoms. The molecule has 0 atom stereocenters. The van der Waals surface area contributed by atoms with Crippen LogP contribution in [0.1, 0.15) is 0 Å². The third-order valence-electron chi connectivity index (χ3n) is 6.29. The van der Waals surface area contributed by atoms with Gasteiger partial charge in [-0.25, -0.2) is 0 Å². The van der Waals surface area contributed by atoms with Crippen LogP contribution in [0.3, 0.4) is 0 Å². The predicted molar refractivity (Wildman–Crippen MR) is 131 cm³/mol. The molecule has 4 aromatic rings. The number of hydrogen-bond donors (Lipinski definition) is 0. The van der Waals surface area contributed by atoms with Crippen molar-refractivity contribution in [3.63, 3.8) is 0 Å². The summed E-state index contributed by atoms with van der Waals surface area (Å²) in [4.78, 5) is 11.7. The molecule has 0 radical (unpaired) electrons. The van der Waals surface area contributed by atoms with Crippen LogP contribution >= 0.6 is 0 Å². The van der Waals surface area contributed by atoms with Crippen molar-refractivity contribution in [1.29, 1.82) is 0 Å². The lowest BCUT2D eigenvalue weighted by Crippen LogP contribution is -2.44. The van der Waals surface area contributed by atoms with Crippen LogP contribution in [0, 0.1) is 0 Å². The van der Waals surface area contributed by atoms with E-state index < -0.39 is 0 Å². The van der Waals surface area contributed by atoms with E-state index in [4.69, 9.17) is 0 Å². The zero-order chi connectivity index (χ0) is 21.2. The number of anilines is 3. The normalized spacial score (nSPS) is 14.7. The van der Waals surface area contributed by atoms with Gasteiger partial charge in [0.1, 0.15) is 0 Å². The molecule has 0 bridgehead atoms. The lowest BCUT2D eigenvalue weighted by Gasteiger charge is -2.34. The first-order valence-electron chi connectivity index (χ1n) is 10.9. The number of benzene rings is 3. The SMILES string of the molecule is CN1CCN(c2ccc(N(C)c3ccnc4ccc(-c5ccccc5)cc34)cc2)CC1. The molecule has 0 N–H and O–H groups in total. The average molecular weight is 409 g/mol. The highest BCUT2D eigenvalue weighted by Gasteiger charge is 2.15. The van der Waals surface area contributed by atoms with Crippen LogP contribution in [0.2, 0.25) is 0 Å². The molecular weight excluding hydrogens is 380 g/mol. The minimum absolute atomic E-state index is 1.01. The van der Waals surface area contributed by atoms with Gasteiger partial charge in [0.25, 0.3) is 0 Å². The average Bonchev–Trinajstić information content (AvgIpc) is 2.84. The van der Waals surface area contributed by atoms with E-state index in [2.05, 4.69) is 113 Å². The molecule has 0 unspecified atom stereocenters. The second-order valence-electron chi connectivity index (χ2n) is 8.29. The van der Waals surface area contributed by atoms with Gasteiger partial charge in [0.05, 0.1) is 11.2 Å². The van der Waals surface area contributed by atoms with Gasteiger partial charge >= 0.3 is 0 Å². The molecular formula is C27H28N4. The van der Waals surface area contributed by atoms with E-state index in [0.29, 0.717) is 0 Å². The Hall–Kier alpha value is -3.37. The lowest BCUT2D eigenvalue weighted by molar-refractivity contribution is 0.313. The van der Waals surface area contributed by atoms with Crippen LogP contribution < -0.4 is 9.80 Å². The van der Waals surface area contributed by atoms with Crippen molar-refractivity contribution in [2.75, 3.05) is 50.1 Å². The van der Waals surface area contributed by atoms with Gasteiger partial charge in [0.15, 0.2) is 0 Å². The highest BCUT2D eigenvalue weighted by Crippen LogP contribution is 2.33. The largest absolute Gasteiger partial charge is 0.369 e. The smallest absolute Gasteiger partial charge is 0.0723 e. The Morgan fingerprint density at radius 1 is 0.774 bits per heavy atom. The van der Waals surface area contributed by atoms with Gasteiger partial charge in [0.2, 0.25) is 0 Å². The third kappa shape index (κ3) is 3.99. The van der Waals surface area contributed by atoms with E-state index in [1.54, 1.807) is 0 Å². The Kier molecular flexibility index (Phi) is 5.31. The standard InChI is InChI=1S/C27H28N4/c1-29-16-18-31(19-17-29)24-11-9-23(10-12-24)30(2)27-14-15-28-26-13-8-22(20-25(26)27)21-6-4-3-5-7-21/h3-15,20H,16-19H2,1-2H3. The van der Waals surface area contributed by atoms with E-state index in [1.165, 1.54) is 22.5 Å². The number of rotatable bonds is 4. The third-order valence-corrected chi connectivity index (χ3v) is 6.29. The van der Waals surface area contributed by atoms with Crippen molar-refractivity contribution in [3.05, 3.63) is 85.1 Å². The summed E-state index contributed by atoms with van der Waals surface area (Å²) < 4.78 is 0. The Bertz CT molecular complexity index is 1160. The van der Waals surface area contributed by atoms with Gasteiger partial charge in [-0.3, -0.25) is 4.98 Å². The van der Waals surface area contributed by atoms with Crippen molar-refractivity contribution >= 4 is 28.0 Å². The summed E-state index contributed by atoms with van der Waals surface area (Å²) in [5, 5.41) is 1.16. The summed E-state index contributed by atoms with van der Waals surface area (Å²) >= 11 is 0. The highest BCUT2D eigenvalue weighted by atomic mass is 15.2. The number of aromatic nitrogens is 1. The maximum Gasteiger partial charge on any atom is 0.0723 e. The quantitative estimate of drug-likeness (QED) is 0.450. The van der Waals surface area contributed by atoms with Crippen LogP contribution in [0.5, 0.6) is 0 Å². The summed E-state index contributed by atoms with van der Waals surface area (Å²) in [6, 6.07) is 28.1. The van der Waals surface area contributed by atoms with E-state index in [1.807, 2.05) is 6.20 Å². The molecule has 0 amide bonds. The minimum Gasteiger partial charge on any atom is -0.369 e. The van der Waals surface area contributed by atoms with Gasteiger partial charge in [-0.2, -0.15) is 0 Å². The lowest BCUT2D eigenvalue weighted by atomic mass is 10.0. The summed E-state index contributed by atoms with van der Waals surface area (Å²) in [5.41, 5.74) is 7.08. The van der Waals surface area contributed by atoms with Crippen LogP contribution in [0.4, 0.5) is 17.1 Å². The van der Waals surface area contributed by atoms with Crippen LogP contribution in [-0.2, 0) is 0 Å². The number of fused-ring (bicyclic) bond motifs is 1. The first-order valence-corrected chi connectivity index (χ1v) is 10.9. The molecule has 1 aliphatic rings. The monoisotopic (exact) mass is 408 g/mol. The number of hydrogen-bond acceptors (Lipinski definition) is 4. The van der Waals surface area contributed by atoms with E-state index in [-0.39, 0.29) is 0 Å². The molecule has 156 valence electrons. The molecule has 4 nitrogen and oxygen atoms in total. The van der Waals surface area contributed by atoms with Crippen LogP contribution in [0.15, 0.2) is 85.1 Å². The van der Waals surface area contributed by atoms with Gasteiger partial charge in [-0.15, -0.1) is 0 Å². The number of pyridine rings is 1. The fourth-order valence-electron chi connectivity index (χ4n) is 4.33. The molecule has 1 saturated heterocycles. The van der Waals surface area contributed by atoms with Crippen molar-refractivity contribution in [1.82, 2.24) is 9.88 Å². The second kappa shape index (κ2) is 8.40. The zero-order valence-electron chi connectivity index (χ0n) is 18.2. The van der Waals surface area contributed by atoms with Crippen molar-refractivity contribution < 1.29 is 0 Å². The van der Waals surface area contributed by atoms with Crippen LogP contribution in [0.25, 0.3) is 22.0 Å². The molecule has 0 aliphatic carbocycles. The predicted octanol–water partition coefficient (Wildman–Crippen LogP) is 5.42. The van der Waals surface area contributed by atoms with Gasteiger partial charge in [0, 0.05) is 56.2 Å². The molecule has 2 heterocycles. The molecule has 1 fully saturated rings. The van der Waals surface area contributed by atoms with E-state index in [9.17, 15) is 0 Å². The number of nitrogens with zero attached hydrogens (tertiary/aromatic N) is 4. The Morgan fingerprint density at radius 2 is 1.52 bits per heavy atom. The minimum atomic E-state index is 1.01. The van der Waals surface area contributed by atoms with Crippen molar-refractivity contribution in [2.24, 2.45) is 0 Å². The maximum absolute atomic E-state index is 4.60. The molecule has 0 saturated carbocycles. The van der Waals surface area contributed by atoms with Gasteiger partial charge < -0.3 is 14.7 Å². The fourth-order valence-corrected chi connectivity index (χ4v) is 4.33. The van der Waals surface area contributed by atoms with Crippen molar-refractivity contribution in [3.8, 4) is 11.1 Å². The van der Waals surface area contributed by atoms with E-state index >= 15 is 0 Å². The fraction of sp³-hybridized carbons (Fsp3) is 0.222. The summed E-state index contributed by atoms with van der Waals surface area (Å²) in [5.74, 6) is 0. The zero-order valence-corrected chi connectivity index (χ0v) is 18.2. The number of piperazine rings is 1. The van der Waals surface area contributed by atoms with Gasteiger partial charge in [-0.05, 0) is 60.6 Å². The maximum atomic E-state index is 4.60. The molecule has 5 rings (SSSR count). The molecule has 0 spiro atoms. The summed E-state index contributed by atoms with van der Waals surface area (Å²) in [6.07, 6.45) is 1.90. The Morgan fingerprint density at radius 3 is 2.26 bits per heavy atom. The van der Waals surface area contributed by atoms with E-state index in [0.717, 1.165) is 42.8 Å². The second-order valence-corrected chi connectivity index (χ2v) is 8.29. The molecule has 3 aromatic carbocycles. The summed E-state index contributed by atoms with van der Waals surface area (Å²) in [7, 11) is 4.33.